The molecule has 1 rings (SSSR count). The van der Waals surface area contributed by atoms with Crippen LogP contribution in [-0.4, -0.2) is 9.99 Å². The van der Waals surface area contributed by atoms with E-state index in [4.69, 9.17) is 0 Å². The first-order valence-electron chi connectivity index (χ1n) is 4.44. The van der Waals surface area contributed by atoms with Crippen molar-refractivity contribution in [3.63, 3.8) is 0 Å². The first-order chi connectivity index (χ1) is 5.31. The standard InChI is InChI=1S/C9H17BrN2/c1-8(2,3)11-12-9(4,10)7-5-6-7/h7H,5-6H2,1-4H3/b12-11+. The molecule has 1 fully saturated rings. The van der Waals surface area contributed by atoms with E-state index in [0.717, 1.165) is 0 Å². The minimum atomic E-state index is -0.111. The second kappa shape index (κ2) is 3.09. The summed E-state index contributed by atoms with van der Waals surface area (Å²) >= 11 is 3.60. The predicted molar refractivity (Wildman–Crippen MR) is 54.7 cm³/mol. The maximum Gasteiger partial charge on any atom is 0.136 e. The summed E-state index contributed by atoms with van der Waals surface area (Å²) in [5.41, 5.74) is -0.0517. The molecule has 0 aliphatic heterocycles. The molecule has 0 aromatic rings. The highest BCUT2D eigenvalue weighted by Crippen LogP contribution is 2.46. The first-order valence-corrected chi connectivity index (χ1v) is 5.23. The van der Waals surface area contributed by atoms with Crippen LogP contribution in [0.15, 0.2) is 10.2 Å². The molecule has 0 aromatic heterocycles. The maximum absolute atomic E-state index is 4.33. The third-order valence-electron chi connectivity index (χ3n) is 1.87. The fourth-order valence-electron chi connectivity index (χ4n) is 0.940. The summed E-state index contributed by atoms with van der Waals surface area (Å²) in [6.45, 7) is 8.28. The number of nitrogens with zero attached hydrogens (tertiary/aromatic N) is 2. The minimum Gasteiger partial charge on any atom is -0.187 e. The highest BCUT2D eigenvalue weighted by Gasteiger charge is 2.40. The summed E-state index contributed by atoms with van der Waals surface area (Å²) < 4.78 is -0.111. The lowest BCUT2D eigenvalue weighted by atomic mass is 10.1. The molecule has 0 N–H and O–H groups in total. The maximum atomic E-state index is 4.33. The lowest BCUT2D eigenvalue weighted by Gasteiger charge is -2.18. The molecule has 0 spiro atoms. The van der Waals surface area contributed by atoms with Gasteiger partial charge in [0.05, 0.1) is 5.54 Å². The summed E-state index contributed by atoms with van der Waals surface area (Å²) in [7, 11) is 0. The molecule has 12 heavy (non-hydrogen) atoms. The topological polar surface area (TPSA) is 24.7 Å². The summed E-state index contributed by atoms with van der Waals surface area (Å²) in [6, 6.07) is 0. The average molecular weight is 233 g/mol. The lowest BCUT2D eigenvalue weighted by molar-refractivity contribution is 0.483. The molecule has 1 atom stereocenters. The number of azo groups is 1. The van der Waals surface area contributed by atoms with Crippen molar-refractivity contribution in [1.29, 1.82) is 0 Å². The zero-order valence-corrected chi connectivity index (χ0v) is 9.85. The van der Waals surface area contributed by atoms with Gasteiger partial charge in [-0.15, -0.1) is 0 Å². The number of halogens is 1. The normalized spacial score (nSPS) is 24.4. The molecule has 0 bridgehead atoms. The van der Waals surface area contributed by atoms with Crippen LogP contribution < -0.4 is 0 Å². The van der Waals surface area contributed by atoms with Crippen molar-refractivity contribution < 1.29 is 0 Å². The monoisotopic (exact) mass is 232 g/mol. The highest BCUT2D eigenvalue weighted by molar-refractivity contribution is 9.10. The van der Waals surface area contributed by atoms with Crippen LogP contribution >= 0.6 is 15.9 Å². The van der Waals surface area contributed by atoms with E-state index in [1.807, 2.05) is 0 Å². The molecular formula is C9H17BrN2. The van der Waals surface area contributed by atoms with Crippen molar-refractivity contribution in [3.05, 3.63) is 0 Å². The van der Waals surface area contributed by atoms with Gasteiger partial charge in [0.1, 0.15) is 4.45 Å². The van der Waals surface area contributed by atoms with Gasteiger partial charge in [0.15, 0.2) is 0 Å². The molecule has 0 radical (unpaired) electrons. The number of alkyl halides is 1. The van der Waals surface area contributed by atoms with Crippen LogP contribution in [0, 0.1) is 5.92 Å². The Bertz CT molecular complexity index is 187. The van der Waals surface area contributed by atoms with E-state index in [1.165, 1.54) is 12.8 Å². The number of rotatable bonds is 2. The van der Waals surface area contributed by atoms with Gasteiger partial charge in [-0.1, -0.05) is 15.9 Å². The predicted octanol–water partition coefficient (Wildman–Crippen LogP) is 3.76. The van der Waals surface area contributed by atoms with E-state index >= 15 is 0 Å². The molecule has 3 heteroatoms. The third kappa shape index (κ3) is 3.21. The van der Waals surface area contributed by atoms with Gasteiger partial charge in [-0.3, -0.25) is 0 Å². The molecule has 0 amide bonds. The number of hydrogen-bond donors (Lipinski definition) is 0. The Balaban J connectivity index is 2.53. The zero-order valence-electron chi connectivity index (χ0n) is 8.26. The molecule has 0 heterocycles. The van der Waals surface area contributed by atoms with E-state index < -0.39 is 0 Å². The Morgan fingerprint density at radius 1 is 1.08 bits per heavy atom. The Morgan fingerprint density at radius 2 is 1.58 bits per heavy atom. The van der Waals surface area contributed by atoms with Crippen LogP contribution in [0.5, 0.6) is 0 Å². The zero-order chi connectivity index (χ0) is 9.41. The molecule has 1 saturated carbocycles. The lowest BCUT2D eigenvalue weighted by Crippen LogP contribution is -2.17. The Labute approximate surface area is 83.0 Å². The van der Waals surface area contributed by atoms with Gasteiger partial charge in [-0.25, -0.2) is 0 Å². The van der Waals surface area contributed by atoms with Gasteiger partial charge >= 0.3 is 0 Å². The van der Waals surface area contributed by atoms with Crippen molar-refractivity contribution >= 4 is 15.9 Å². The van der Waals surface area contributed by atoms with Gasteiger partial charge in [0.2, 0.25) is 0 Å². The fourth-order valence-corrected chi connectivity index (χ4v) is 1.48. The second-order valence-electron chi connectivity index (χ2n) is 4.67. The summed E-state index contributed by atoms with van der Waals surface area (Å²) in [6.07, 6.45) is 2.57. The van der Waals surface area contributed by atoms with Crippen molar-refractivity contribution in [2.45, 2.75) is 50.5 Å². The van der Waals surface area contributed by atoms with E-state index in [1.54, 1.807) is 0 Å². The van der Waals surface area contributed by atoms with Crippen molar-refractivity contribution in [2.24, 2.45) is 16.1 Å². The molecule has 0 saturated heterocycles. The Hall–Kier alpha value is 0.0800. The molecule has 70 valence electrons. The van der Waals surface area contributed by atoms with Crippen LogP contribution in [0.1, 0.15) is 40.5 Å². The molecule has 1 aliphatic carbocycles. The Morgan fingerprint density at radius 3 is 1.92 bits per heavy atom. The van der Waals surface area contributed by atoms with Gasteiger partial charge in [-0.2, -0.15) is 10.2 Å². The minimum absolute atomic E-state index is 0.0517. The summed E-state index contributed by atoms with van der Waals surface area (Å²) in [5, 5.41) is 8.60. The van der Waals surface area contributed by atoms with Crippen molar-refractivity contribution in [3.8, 4) is 0 Å². The van der Waals surface area contributed by atoms with E-state index in [2.05, 4.69) is 53.9 Å². The fraction of sp³-hybridized carbons (Fsp3) is 1.00. The number of hydrogen-bond acceptors (Lipinski definition) is 2. The van der Waals surface area contributed by atoms with Crippen molar-refractivity contribution in [1.82, 2.24) is 0 Å². The first kappa shape index (κ1) is 10.2. The summed E-state index contributed by atoms with van der Waals surface area (Å²) in [4.78, 5) is 0. The highest BCUT2D eigenvalue weighted by atomic mass is 79.9. The van der Waals surface area contributed by atoms with Crippen LogP contribution in [0.4, 0.5) is 0 Å². The molecule has 0 aromatic carbocycles. The van der Waals surface area contributed by atoms with Crippen LogP contribution in [-0.2, 0) is 0 Å². The summed E-state index contributed by atoms with van der Waals surface area (Å²) in [5.74, 6) is 0.698. The van der Waals surface area contributed by atoms with Gasteiger partial charge in [0, 0.05) is 0 Å². The van der Waals surface area contributed by atoms with E-state index in [-0.39, 0.29) is 9.99 Å². The van der Waals surface area contributed by atoms with Gasteiger partial charge in [0.25, 0.3) is 0 Å². The Kier molecular flexibility index (Phi) is 2.62. The molecule has 1 aliphatic rings. The largest absolute Gasteiger partial charge is 0.187 e. The van der Waals surface area contributed by atoms with E-state index in [9.17, 15) is 0 Å². The molecule has 2 nitrogen and oxygen atoms in total. The molecule has 1 unspecified atom stereocenters. The van der Waals surface area contributed by atoms with Gasteiger partial charge in [-0.05, 0) is 46.5 Å². The SMILES string of the molecule is CC(C)(C)/N=N/C(C)(Br)C1CC1. The van der Waals surface area contributed by atoms with Crippen molar-refractivity contribution in [2.75, 3.05) is 0 Å². The van der Waals surface area contributed by atoms with Crippen LogP contribution in [0.2, 0.25) is 0 Å². The quantitative estimate of drug-likeness (QED) is 0.394. The molecular weight excluding hydrogens is 216 g/mol. The van der Waals surface area contributed by atoms with Gasteiger partial charge < -0.3 is 0 Å². The smallest absolute Gasteiger partial charge is 0.136 e. The second-order valence-corrected chi connectivity index (χ2v) is 6.27. The third-order valence-corrected chi connectivity index (χ3v) is 2.67. The average Bonchev–Trinajstić information content (AvgIpc) is 2.62. The van der Waals surface area contributed by atoms with Crippen LogP contribution in [0.3, 0.4) is 0 Å². The van der Waals surface area contributed by atoms with E-state index in [0.29, 0.717) is 5.92 Å². The van der Waals surface area contributed by atoms with Crippen LogP contribution in [0.25, 0.3) is 0 Å².